The van der Waals surface area contributed by atoms with Gasteiger partial charge in [0.2, 0.25) is 23.6 Å². The average Bonchev–Trinajstić information content (AvgIpc) is 3.25. The van der Waals surface area contributed by atoms with E-state index in [-0.39, 0.29) is 11.1 Å². The van der Waals surface area contributed by atoms with E-state index in [4.69, 9.17) is 0 Å². The Kier molecular flexibility index (Phi) is 20.2. The third-order valence-electron chi connectivity index (χ3n) is 9.41. The number of esters is 4. The van der Waals surface area contributed by atoms with Gasteiger partial charge in [0.15, 0.2) is 0 Å². The molecule has 0 aliphatic heterocycles. The summed E-state index contributed by atoms with van der Waals surface area (Å²) in [6.45, 7) is 9.37. The Balaban J connectivity index is 2.30. The van der Waals surface area contributed by atoms with Crippen LogP contribution in [0, 0.1) is 11.8 Å². The highest BCUT2D eigenvalue weighted by atomic mass is 16.5. The molecule has 20 nitrogen and oxygen atoms in total. The van der Waals surface area contributed by atoms with Crippen molar-refractivity contribution in [1.82, 2.24) is 31.9 Å². The van der Waals surface area contributed by atoms with Gasteiger partial charge < -0.3 is 50.8 Å². The van der Waals surface area contributed by atoms with Crippen LogP contribution in [0.25, 0.3) is 11.1 Å². The summed E-state index contributed by atoms with van der Waals surface area (Å²) in [6.07, 6.45) is -1.03. The molecule has 2 rings (SSSR count). The van der Waals surface area contributed by atoms with Crippen LogP contribution in [0.15, 0.2) is 48.5 Å². The second kappa shape index (κ2) is 24.4. The second-order valence-electron chi connectivity index (χ2n) is 14.7. The largest absolute Gasteiger partial charge is 0.469 e. The van der Waals surface area contributed by atoms with Crippen LogP contribution in [0.4, 0.5) is 0 Å². The Bertz CT molecular complexity index is 1850. The molecule has 0 unspecified atom stereocenters. The monoisotopic (exact) mass is 868 g/mol. The minimum absolute atomic E-state index is 0.0798. The number of hydrogen-bond donors (Lipinski definition) is 6. The predicted octanol–water partition coefficient (Wildman–Crippen LogP) is 0.314. The number of methoxy groups -OCH3 is 4. The summed E-state index contributed by atoms with van der Waals surface area (Å²) in [5.41, 5.74) is 0.759. The first-order chi connectivity index (χ1) is 29.2. The molecule has 0 heterocycles. The van der Waals surface area contributed by atoms with Gasteiger partial charge in [0.25, 0.3) is 11.8 Å². The number of nitrogens with one attached hydrogen (secondary N) is 6. The maximum absolute atomic E-state index is 13.9. The fourth-order valence-corrected chi connectivity index (χ4v) is 5.84. The smallest absolute Gasteiger partial charge is 0.328 e. The molecule has 0 fully saturated rings. The number of amides is 6. The van der Waals surface area contributed by atoms with Crippen LogP contribution in [0.2, 0.25) is 0 Å². The van der Waals surface area contributed by atoms with E-state index in [1.807, 2.05) is 0 Å². The normalized spacial score (nSPS) is 13.7. The van der Waals surface area contributed by atoms with Crippen LogP contribution in [-0.4, -0.2) is 124 Å². The molecular weight excluding hydrogens is 812 g/mol. The third-order valence-corrected chi connectivity index (χ3v) is 9.41. The minimum atomic E-state index is -1.38. The molecular formula is C42H56N6O14. The molecule has 0 saturated carbocycles. The summed E-state index contributed by atoms with van der Waals surface area (Å²) in [4.78, 5) is 129. The molecule has 20 heteroatoms. The van der Waals surface area contributed by atoms with Gasteiger partial charge in [-0.15, -0.1) is 0 Å². The number of benzene rings is 2. The SMILES string of the molecule is COC(=O)C[C@H](NC(=O)[C@H](C)NC(=O)[C@@H](NC(=O)c1ccccc1-c1ccccc1C(=O)N[C@H](C(=O)N[C@@H](C)C(=O)N[C@@H](CC(=O)OC)C(=O)OC)C(C)C)C(C)C)C(=O)OC. The molecule has 2 aromatic carbocycles. The first-order valence-corrected chi connectivity index (χ1v) is 19.5. The Morgan fingerprint density at radius 1 is 0.435 bits per heavy atom. The summed E-state index contributed by atoms with van der Waals surface area (Å²) in [5, 5.41) is 15.2. The van der Waals surface area contributed by atoms with Crippen molar-refractivity contribution in [2.24, 2.45) is 11.8 Å². The predicted molar refractivity (Wildman–Crippen MR) is 220 cm³/mol. The lowest BCUT2D eigenvalue weighted by Crippen LogP contribution is -2.56. The van der Waals surface area contributed by atoms with Gasteiger partial charge in [-0.25, -0.2) is 9.59 Å². The van der Waals surface area contributed by atoms with E-state index in [1.54, 1.807) is 64.1 Å². The highest BCUT2D eigenvalue weighted by Gasteiger charge is 2.33. The van der Waals surface area contributed by atoms with Crippen molar-refractivity contribution < 1.29 is 66.9 Å². The van der Waals surface area contributed by atoms with Crippen molar-refractivity contribution in [3.05, 3.63) is 59.7 Å². The minimum Gasteiger partial charge on any atom is -0.469 e. The lowest BCUT2D eigenvalue weighted by Gasteiger charge is -2.26. The molecule has 6 amide bonds. The van der Waals surface area contributed by atoms with Crippen molar-refractivity contribution in [2.75, 3.05) is 28.4 Å². The Labute approximate surface area is 359 Å². The maximum Gasteiger partial charge on any atom is 0.328 e. The zero-order valence-electron chi connectivity index (χ0n) is 36.4. The van der Waals surface area contributed by atoms with E-state index in [0.717, 1.165) is 28.4 Å². The summed E-state index contributed by atoms with van der Waals surface area (Å²) in [6, 6.07) is 5.06. The first kappa shape index (κ1) is 51.3. The van der Waals surface area contributed by atoms with Crippen LogP contribution >= 0.6 is 0 Å². The molecule has 6 atom stereocenters. The molecule has 0 bridgehead atoms. The number of carbonyl (C=O) groups is 10. The Morgan fingerprint density at radius 2 is 0.758 bits per heavy atom. The molecule has 0 aliphatic rings. The van der Waals surface area contributed by atoms with Gasteiger partial charge in [-0.05, 0) is 48.9 Å². The summed E-state index contributed by atoms with van der Waals surface area (Å²) >= 11 is 0. The lowest BCUT2D eigenvalue weighted by molar-refractivity contribution is -0.151. The topological polar surface area (TPSA) is 280 Å². The van der Waals surface area contributed by atoms with Gasteiger partial charge in [0.05, 0.1) is 41.3 Å². The summed E-state index contributed by atoms with van der Waals surface area (Å²) in [7, 11) is 4.38. The third kappa shape index (κ3) is 14.7. The van der Waals surface area contributed by atoms with E-state index in [0.29, 0.717) is 11.1 Å². The second-order valence-corrected chi connectivity index (χ2v) is 14.7. The van der Waals surface area contributed by atoms with Gasteiger partial charge in [-0.3, -0.25) is 38.4 Å². The standard InChI is InChI=1S/C42H56N6O14/c1-21(2)33(39(55)43-23(5)35(51)45-29(41(57)61-9)19-31(49)59-7)47-37(53)27-17-13-11-15-25(27)26-16-12-14-18-28(26)38(54)48-34(22(3)4)40(56)44-24(6)36(52)46-30(42(58)62-10)20-32(50)60-8/h11-18,21-24,29-30,33-34H,19-20H2,1-10H3,(H,43,55)(H,44,56)(H,45,51)(H,46,52)(H,47,53)(H,48,54)/t23-,24-,29-,30-,33-,34-/m0/s1. The molecule has 0 radical (unpaired) electrons. The number of rotatable bonds is 21. The van der Waals surface area contributed by atoms with Crippen molar-refractivity contribution in [2.45, 2.75) is 90.6 Å². The Hall–Kier alpha value is -6.86. The zero-order chi connectivity index (χ0) is 46.8. The fraction of sp³-hybridized carbons (Fsp3) is 0.476. The van der Waals surface area contributed by atoms with E-state index < -0.39 is 120 Å². The van der Waals surface area contributed by atoms with Crippen molar-refractivity contribution in [3.8, 4) is 11.1 Å². The van der Waals surface area contributed by atoms with E-state index in [2.05, 4.69) is 50.8 Å². The molecule has 0 aliphatic carbocycles. The number of carbonyl (C=O) groups excluding carboxylic acids is 10. The zero-order valence-corrected chi connectivity index (χ0v) is 36.4. The van der Waals surface area contributed by atoms with E-state index in [9.17, 15) is 47.9 Å². The van der Waals surface area contributed by atoms with Crippen LogP contribution in [0.3, 0.4) is 0 Å². The first-order valence-electron chi connectivity index (χ1n) is 19.5. The Morgan fingerprint density at radius 3 is 1.05 bits per heavy atom. The molecule has 0 spiro atoms. The van der Waals surface area contributed by atoms with Gasteiger partial charge in [-0.1, -0.05) is 64.1 Å². The summed E-state index contributed by atoms with van der Waals surface area (Å²) in [5.74, 6) is -8.86. The van der Waals surface area contributed by atoms with Gasteiger partial charge in [0.1, 0.15) is 36.3 Å². The van der Waals surface area contributed by atoms with Gasteiger partial charge in [0, 0.05) is 11.1 Å². The molecule has 0 aromatic heterocycles. The molecule has 338 valence electrons. The highest BCUT2D eigenvalue weighted by molar-refractivity contribution is 6.08. The average molecular weight is 869 g/mol. The van der Waals surface area contributed by atoms with Crippen LogP contribution in [-0.2, 0) is 57.3 Å². The molecule has 62 heavy (non-hydrogen) atoms. The van der Waals surface area contributed by atoms with Crippen LogP contribution in [0.5, 0.6) is 0 Å². The highest BCUT2D eigenvalue weighted by Crippen LogP contribution is 2.28. The van der Waals surface area contributed by atoms with Crippen molar-refractivity contribution in [3.63, 3.8) is 0 Å². The van der Waals surface area contributed by atoms with Crippen molar-refractivity contribution in [1.29, 1.82) is 0 Å². The fourth-order valence-electron chi connectivity index (χ4n) is 5.84. The van der Waals surface area contributed by atoms with E-state index >= 15 is 0 Å². The van der Waals surface area contributed by atoms with Gasteiger partial charge >= 0.3 is 23.9 Å². The van der Waals surface area contributed by atoms with Crippen molar-refractivity contribution >= 4 is 59.3 Å². The number of ether oxygens (including phenoxy) is 4. The van der Waals surface area contributed by atoms with Crippen LogP contribution in [0.1, 0.15) is 75.1 Å². The molecule has 0 saturated heterocycles. The van der Waals surface area contributed by atoms with E-state index in [1.165, 1.54) is 26.0 Å². The summed E-state index contributed by atoms with van der Waals surface area (Å²) < 4.78 is 18.4. The lowest BCUT2D eigenvalue weighted by atomic mass is 9.93. The molecule has 6 N–H and O–H groups in total. The van der Waals surface area contributed by atoms with Crippen LogP contribution < -0.4 is 31.9 Å². The number of hydrogen-bond acceptors (Lipinski definition) is 14. The maximum atomic E-state index is 13.9. The quantitative estimate of drug-likeness (QED) is 0.0728. The van der Waals surface area contributed by atoms with Gasteiger partial charge in [-0.2, -0.15) is 0 Å². The molecule has 2 aromatic rings.